The number of carbonyl (C=O) groups excluding carboxylic acids is 3. The predicted molar refractivity (Wildman–Crippen MR) is 135 cm³/mol. The molecule has 4 aliphatic rings. The summed E-state index contributed by atoms with van der Waals surface area (Å²) in [5.41, 5.74) is -1.70. The van der Waals surface area contributed by atoms with Crippen LogP contribution in [0.1, 0.15) is 51.4 Å². The molecule has 41 heavy (non-hydrogen) atoms. The number of hydrogen-bond donors (Lipinski definition) is 4. The Morgan fingerprint density at radius 3 is 1.61 bits per heavy atom. The summed E-state index contributed by atoms with van der Waals surface area (Å²) in [5, 5.41) is 37.8. The highest BCUT2D eigenvalue weighted by Crippen LogP contribution is 2.47. The van der Waals surface area contributed by atoms with E-state index in [1.54, 1.807) is 0 Å². The number of fused-ring (bicyclic) bond motifs is 2. The zero-order chi connectivity index (χ0) is 29.8. The Hall–Kier alpha value is -4.00. The third-order valence-electron chi connectivity index (χ3n) is 8.60. The van der Waals surface area contributed by atoms with Gasteiger partial charge in [-0.25, -0.2) is 28.8 Å². The van der Waals surface area contributed by atoms with E-state index in [0.717, 1.165) is 6.08 Å². The standard InChI is InChI=1S/C28H32O13/c29-19-5-1-14-13(19)2-6-22(14)41-28(38)18(11-24(32)33)17(27(36)37)12-26(35)40-21-8-4-15-16(21)3-7-20(15)39-25(34)10-9-23(30)31/h9-16,19-22,29H,1-8H2,(H,30,31)(H,32,33)(H,36,37)/b10-9-,17-12-,18-11-/t13-,14-,15-,16-,19-,20+,21-,22+/m0/s1. The van der Waals surface area contributed by atoms with Gasteiger partial charge in [-0.2, -0.15) is 0 Å². The molecule has 8 atom stereocenters. The quantitative estimate of drug-likeness (QED) is 0.125. The van der Waals surface area contributed by atoms with Crippen LogP contribution in [0.15, 0.2) is 35.5 Å². The monoisotopic (exact) mass is 576 g/mol. The van der Waals surface area contributed by atoms with E-state index in [-0.39, 0.29) is 23.7 Å². The molecule has 4 saturated carbocycles. The predicted octanol–water partition coefficient (Wildman–Crippen LogP) is 1.39. The molecule has 0 radical (unpaired) electrons. The van der Waals surface area contributed by atoms with Gasteiger partial charge in [0.2, 0.25) is 0 Å². The van der Waals surface area contributed by atoms with Crippen LogP contribution in [0.4, 0.5) is 0 Å². The van der Waals surface area contributed by atoms with Crippen LogP contribution >= 0.6 is 0 Å². The molecule has 4 fully saturated rings. The van der Waals surface area contributed by atoms with Crippen LogP contribution < -0.4 is 0 Å². The van der Waals surface area contributed by atoms with Gasteiger partial charge in [-0.15, -0.1) is 0 Å². The second-order valence-corrected chi connectivity index (χ2v) is 10.9. The molecule has 0 aliphatic heterocycles. The summed E-state index contributed by atoms with van der Waals surface area (Å²) in [5.74, 6) is -8.17. The first-order chi connectivity index (χ1) is 19.4. The van der Waals surface area contributed by atoms with Crippen molar-refractivity contribution in [2.75, 3.05) is 0 Å². The lowest BCUT2D eigenvalue weighted by Gasteiger charge is -2.21. The van der Waals surface area contributed by atoms with Crippen molar-refractivity contribution in [3.8, 4) is 0 Å². The highest BCUT2D eigenvalue weighted by atomic mass is 16.6. The minimum atomic E-state index is -1.72. The lowest BCUT2D eigenvalue weighted by molar-refractivity contribution is -0.148. The molecule has 4 N–H and O–H groups in total. The highest BCUT2D eigenvalue weighted by Gasteiger charge is 2.48. The number of aliphatic carboxylic acids is 3. The van der Waals surface area contributed by atoms with Gasteiger partial charge in [0.1, 0.15) is 18.3 Å². The molecule has 0 heterocycles. The average Bonchev–Trinajstić information content (AvgIpc) is 3.66. The van der Waals surface area contributed by atoms with Crippen molar-refractivity contribution < 1.29 is 63.4 Å². The number of esters is 3. The average molecular weight is 577 g/mol. The molecule has 0 unspecified atom stereocenters. The number of hydrogen-bond acceptors (Lipinski definition) is 10. The van der Waals surface area contributed by atoms with Crippen LogP contribution in [0.5, 0.6) is 0 Å². The van der Waals surface area contributed by atoms with Gasteiger partial charge in [0.25, 0.3) is 0 Å². The van der Waals surface area contributed by atoms with E-state index < -0.39 is 71.4 Å². The first kappa shape index (κ1) is 30.0. The fraction of sp³-hybridized carbons (Fsp3) is 0.571. The maximum absolute atomic E-state index is 13.0. The number of aliphatic hydroxyl groups is 1. The molecular weight excluding hydrogens is 544 g/mol. The smallest absolute Gasteiger partial charge is 0.339 e. The molecule has 0 saturated heterocycles. The van der Waals surface area contributed by atoms with Gasteiger partial charge in [0, 0.05) is 42.1 Å². The maximum atomic E-state index is 13.0. The van der Waals surface area contributed by atoms with Gasteiger partial charge in [0.15, 0.2) is 0 Å². The van der Waals surface area contributed by atoms with E-state index in [9.17, 15) is 44.1 Å². The highest BCUT2D eigenvalue weighted by molar-refractivity contribution is 6.11. The van der Waals surface area contributed by atoms with E-state index in [4.69, 9.17) is 19.3 Å². The molecule has 4 aliphatic carbocycles. The van der Waals surface area contributed by atoms with Gasteiger partial charge in [-0.3, -0.25) is 0 Å². The summed E-state index contributed by atoms with van der Waals surface area (Å²) in [6.45, 7) is 0. The number of aliphatic hydroxyl groups excluding tert-OH is 1. The second-order valence-electron chi connectivity index (χ2n) is 10.9. The number of rotatable bonds is 10. The molecule has 0 bridgehead atoms. The Morgan fingerprint density at radius 1 is 0.537 bits per heavy atom. The first-order valence-corrected chi connectivity index (χ1v) is 13.6. The third-order valence-corrected chi connectivity index (χ3v) is 8.60. The zero-order valence-electron chi connectivity index (χ0n) is 22.0. The van der Waals surface area contributed by atoms with Crippen LogP contribution in [0, 0.1) is 23.7 Å². The zero-order valence-corrected chi connectivity index (χ0v) is 22.0. The summed E-state index contributed by atoms with van der Waals surface area (Å²) < 4.78 is 16.4. The Morgan fingerprint density at radius 2 is 1.05 bits per heavy atom. The van der Waals surface area contributed by atoms with E-state index in [2.05, 4.69) is 0 Å². The largest absolute Gasteiger partial charge is 0.478 e. The minimum absolute atomic E-state index is 0.0423. The molecule has 0 aromatic heterocycles. The normalized spacial score (nSPS) is 32.8. The van der Waals surface area contributed by atoms with Crippen LogP contribution in [0.25, 0.3) is 0 Å². The number of carboxylic acids is 3. The van der Waals surface area contributed by atoms with E-state index in [1.165, 1.54) is 0 Å². The fourth-order valence-corrected chi connectivity index (χ4v) is 6.90. The summed E-state index contributed by atoms with van der Waals surface area (Å²) >= 11 is 0. The lowest BCUT2D eigenvalue weighted by Crippen LogP contribution is -2.27. The van der Waals surface area contributed by atoms with Crippen molar-refractivity contribution in [2.45, 2.75) is 75.8 Å². The summed E-state index contributed by atoms with van der Waals surface area (Å²) in [6, 6.07) is 0. The summed E-state index contributed by atoms with van der Waals surface area (Å²) in [4.78, 5) is 71.8. The number of carboxylic acid groups (broad SMARTS) is 3. The van der Waals surface area contributed by atoms with Crippen molar-refractivity contribution in [2.24, 2.45) is 23.7 Å². The van der Waals surface area contributed by atoms with Gasteiger partial charge < -0.3 is 34.6 Å². The minimum Gasteiger partial charge on any atom is -0.478 e. The fourth-order valence-electron chi connectivity index (χ4n) is 6.90. The van der Waals surface area contributed by atoms with Gasteiger partial charge in [-0.05, 0) is 57.3 Å². The van der Waals surface area contributed by atoms with Crippen molar-refractivity contribution >= 4 is 35.8 Å². The molecule has 222 valence electrons. The molecular formula is C28H32O13. The van der Waals surface area contributed by atoms with Gasteiger partial charge >= 0.3 is 35.8 Å². The Balaban J connectivity index is 1.42. The SMILES string of the molecule is O=C(O)/C=C\C(=O)O[C@@H]1CC[C@H]2[C@@H]1CC[C@@H]2OC(=O)/C=C(C(=O)O)/C(=C/C(=O)O)C(=O)O[C@@H]1CC[C@H]2[C@@H]1CC[C@@H]2O. The van der Waals surface area contributed by atoms with Gasteiger partial charge in [-0.1, -0.05) is 0 Å². The van der Waals surface area contributed by atoms with Crippen LogP contribution in [-0.2, 0) is 43.0 Å². The molecule has 0 spiro atoms. The second kappa shape index (κ2) is 12.7. The number of ether oxygens (including phenoxy) is 3. The van der Waals surface area contributed by atoms with Crippen molar-refractivity contribution in [3.63, 3.8) is 0 Å². The Labute approximate surface area is 234 Å². The Kier molecular flexibility index (Phi) is 9.26. The van der Waals surface area contributed by atoms with Crippen LogP contribution in [0.2, 0.25) is 0 Å². The van der Waals surface area contributed by atoms with E-state index >= 15 is 0 Å². The van der Waals surface area contributed by atoms with Crippen molar-refractivity contribution in [1.29, 1.82) is 0 Å². The van der Waals surface area contributed by atoms with E-state index in [1.807, 2.05) is 0 Å². The van der Waals surface area contributed by atoms with Gasteiger partial charge in [0.05, 0.1) is 17.3 Å². The van der Waals surface area contributed by atoms with Crippen molar-refractivity contribution in [1.82, 2.24) is 0 Å². The topological polar surface area (TPSA) is 211 Å². The number of carbonyl (C=O) groups is 6. The van der Waals surface area contributed by atoms with Crippen molar-refractivity contribution in [3.05, 3.63) is 35.5 Å². The molecule has 4 rings (SSSR count). The van der Waals surface area contributed by atoms with Crippen LogP contribution in [0.3, 0.4) is 0 Å². The summed E-state index contributed by atoms with van der Waals surface area (Å²) in [6.07, 6.45) is 4.44. The Bertz CT molecular complexity index is 1200. The third kappa shape index (κ3) is 7.02. The molecule has 0 aromatic carbocycles. The summed E-state index contributed by atoms with van der Waals surface area (Å²) in [7, 11) is 0. The van der Waals surface area contributed by atoms with Crippen LogP contribution in [-0.4, -0.2) is 80.7 Å². The first-order valence-electron chi connectivity index (χ1n) is 13.6. The maximum Gasteiger partial charge on any atom is 0.339 e. The lowest BCUT2D eigenvalue weighted by atomic mass is 9.97. The van der Waals surface area contributed by atoms with E-state index in [0.29, 0.717) is 69.6 Å². The molecule has 13 nitrogen and oxygen atoms in total. The molecule has 13 heteroatoms. The molecule has 0 aromatic rings. The molecule has 0 amide bonds.